The fourth-order valence-corrected chi connectivity index (χ4v) is 2.11. The minimum absolute atomic E-state index is 0.193. The normalized spacial score (nSPS) is 20.3. The largest absolute Gasteiger partial charge is 0.466 e. The van der Waals surface area contributed by atoms with Crippen molar-refractivity contribution in [2.75, 3.05) is 26.2 Å². The van der Waals surface area contributed by atoms with Crippen LogP contribution in [0, 0.1) is 0 Å². The molecule has 1 aliphatic rings. The number of carbonyl (C=O) groups is 1. The summed E-state index contributed by atoms with van der Waals surface area (Å²) in [6.07, 6.45) is -4.35. The van der Waals surface area contributed by atoms with Gasteiger partial charge in [-0.15, -0.1) is 0 Å². The van der Waals surface area contributed by atoms with E-state index in [1.807, 2.05) is 4.90 Å². The lowest BCUT2D eigenvalue weighted by Gasteiger charge is -2.39. The first-order valence-electron chi connectivity index (χ1n) is 6.45. The number of halogens is 3. The van der Waals surface area contributed by atoms with Crippen molar-refractivity contribution in [3.63, 3.8) is 0 Å². The van der Waals surface area contributed by atoms with Crippen molar-refractivity contribution in [2.45, 2.75) is 44.4 Å². The molecule has 4 nitrogen and oxygen atoms in total. The van der Waals surface area contributed by atoms with E-state index in [1.54, 1.807) is 6.92 Å². The number of hydrogen-bond donors (Lipinski definition) is 1. The lowest BCUT2D eigenvalue weighted by atomic mass is 9.91. The van der Waals surface area contributed by atoms with Gasteiger partial charge in [-0.2, -0.15) is 13.2 Å². The maximum Gasteiger partial charge on any atom is 0.417 e. The van der Waals surface area contributed by atoms with Crippen LogP contribution in [0.5, 0.6) is 0 Å². The molecule has 0 atom stereocenters. The number of piperidine rings is 1. The van der Waals surface area contributed by atoms with Gasteiger partial charge in [0.2, 0.25) is 0 Å². The highest BCUT2D eigenvalue weighted by Gasteiger charge is 2.54. The van der Waals surface area contributed by atoms with Crippen LogP contribution >= 0.6 is 0 Å². The molecular formula is C12H20F3NO3. The summed E-state index contributed by atoms with van der Waals surface area (Å²) in [4.78, 5) is 12.9. The number of rotatable bonds is 5. The van der Waals surface area contributed by atoms with E-state index in [9.17, 15) is 23.1 Å². The molecule has 1 N–H and O–H groups in total. The van der Waals surface area contributed by atoms with Gasteiger partial charge in [-0.3, -0.25) is 4.79 Å². The molecule has 1 saturated heterocycles. The number of ether oxygens (including phenoxy) is 1. The molecule has 0 saturated carbocycles. The molecule has 112 valence electrons. The Morgan fingerprint density at radius 2 is 1.95 bits per heavy atom. The summed E-state index contributed by atoms with van der Waals surface area (Å²) < 4.78 is 42.5. The molecule has 0 radical (unpaired) electrons. The highest BCUT2D eigenvalue weighted by molar-refractivity contribution is 5.69. The molecule has 0 amide bonds. The molecule has 1 fully saturated rings. The Labute approximate surface area is 110 Å². The number of carbonyl (C=O) groups excluding carboxylic acids is 1. The van der Waals surface area contributed by atoms with Crippen LogP contribution in [0.3, 0.4) is 0 Å². The van der Waals surface area contributed by atoms with Crippen molar-refractivity contribution >= 4 is 5.97 Å². The van der Waals surface area contributed by atoms with E-state index in [-0.39, 0.29) is 38.3 Å². The zero-order chi connectivity index (χ0) is 14.5. The molecule has 0 bridgehead atoms. The highest BCUT2D eigenvalue weighted by atomic mass is 19.4. The third kappa shape index (κ3) is 4.65. The Morgan fingerprint density at radius 1 is 1.37 bits per heavy atom. The van der Waals surface area contributed by atoms with Gasteiger partial charge in [0.25, 0.3) is 0 Å². The third-order valence-corrected chi connectivity index (χ3v) is 3.37. The van der Waals surface area contributed by atoms with Gasteiger partial charge < -0.3 is 14.7 Å². The van der Waals surface area contributed by atoms with Crippen LogP contribution < -0.4 is 0 Å². The predicted octanol–water partition coefficient (Wildman–Crippen LogP) is 1.72. The number of nitrogens with zero attached hydrogens (tertiary/aromatic N) is 1. The molecule has 0 aliphatic carbocycles. The van der Waals surface area contributed by atoms with E-state index in [1.165, 1.54) is 0 Å². The lowest BCUT2D eigenvalue weighted by Crippen LogP contribution is -2.53. The molecule has 0 unspecified atom stereocenters. The minimum atomic E-state index is -4.57. The number of aliphatic hydroxyl groups is 1. The second-order valence-corrected chi connectivity index (χ2v) is 4.78. The Balaban J connectivity index is 2.26. The van der Waals surface area contributed by atoms with Gasteiger partial charge >= 0.3 is 12.1 Å². The van der Waals surface area contributed by atoms with Crippen molar-refractivity contribution in [3.05, 3.63) is 0 Å². The zero-order valence-corrected chi connectivity index (χ0v) is 11.0. The standard InChI is InChI=1S/C12H20F3NO3/c1-2-19-10(17)4-3-7-16-8-5-11(18,6-9-16)12(13,14)15/h18H,2-9H2,1H3. The Morgan fingerprint density at radius 3 is 2.42 bits per heavy atom. The van der Waals surface area contributed by atoms with Crippen molar-refractivity contribution in [3.8, 4) is 0 Å². The summed E-state index contributed by atoms with van der Waals surface area (Å²) in [6.45, 7) is 2.99. The average Bonchev–Trinajstić information content (AvgIpc) is 2.31. The summed E-state index contributed by atoms with van der Waals surface area (Å²) in [5.41, 5.74) is -2.55. The Hall–Kier alpha value is -0.820. The molecule has 1 heterocycles. The van der Waals surface area contributed by atoms with Crippen molar-refractivity contribution in [1.82, 2.24) is 4.90 Å². The molecule has 7 heteroatoms. The van der Waals surface area contributed by atoms with Crippen LogP contribution in [0.2, 0.25) is 0 Å². The quantitative estimate of drug-likeness (QED) is 0.781. The van der Waals surface area contributed by atoms with Gasteiger partial charge in [0, 0.05) is 19.5 Å². The van der Waals surface area contributed by atoms with Crippen LogP contribution in [0.15, 0.2) is 0 Å². The first-order chi connectivity index (χ1) is 8.78. The van der Waals surface area contributed by atoms with E-state index < -0.39 is 11.8 Å². The third-order valence-electron chi connectivity index (χ3n) is 3.37. The monoisotopic (exact) mass is 283 g/mol. The topological polar surface area (TPSA) is 49.8 Å². The van der Waals surface area contributed by atoms with Crippen molar-refractivity contribution < 1.29 is 27.8 Å². The van der Waals surface area contributed by atoms with Crippen molar-refractivity contribution in [2.24, 2.45) is 0 Å². The minimum Gasteiger partial charge on any atom is -0.466 e. The van der Waals surface area contributed by atoms with Gasteiger partial charge in [0.1, 0.15) is 0 Å². The average molecular weight is 283 g/mol. The maximum atomic E-state index is 12.6. The summed E-state index contributed by atoms with van der Waals surface area (Å²) >= 11 is 0. The second kappa shape index (κ2) is 6.56. The molecule has 1 aliphatic heterocycles. The summed E-state index contributed by atoms with van der Waals surface area (Å²) in [5, 5.41) is 9.48. The van der Waals surface area contributed by atoms with Crippen LogP contribution in [-0.4, -0.2) is 54.0 Å². The fourth-order valence-electron chi connectivity index (χ4n) is 2.11. The number of hydrogen-bond acceptors (Lipinski definition) is 4. The number of alkyl halides is 3. The summed E-state index contributed by atoms with van der Waals surface area (Å²) in [7, 11) is 0. The van der Waals surface area contributed by atoms with Gasteiger partial charge in [0.05, 0.1) is 6.61 Å². The fraction of sp³-hybridized carbons (Fsp3) is 0.917. The van der Waals surface area contributed by atoms with E-state index in [4.69, 9.17) is 4.74 Å². The van der Waals surface area contributed by atoms with E-state index >= 15 is 0 Å². The SMILES string of the molecule is CCOC(=O)CCCN1CCC(O)(C(F)(F)F)CC1. The smallest absolute Gasteiger partial charge is 0.417 e. The molecule has 0 aromatic rings. The zero-order valence-electron chi connectivity index (χ0n) is 11.0. The number of esters is 1. The van der Waals surface area contributed by atoms with E-state index in [0.29, 0.717) is 19.6 Å². The van der Waals surface area contributed by atoms with Crippen LogP contribution in [0.1, 0.15) is 32.6 Å². The van der Waals surface area contributed by atoms with Crippen LogP contribution in [0.4, 0.5) is 13.2 Å². The molecule has 0 aromatic carbocycles. The summed E-state index contributed by atoms with van der Waals surface area (Å²) in [5.74, 6) is -0.286. The van der Waals surface area contributed by atoms with E-state index in [0.717, 1.165) is 0 Å². The molecule has 0 aromatic heterocycles. The first kappa shape index (κ1) is 16.2. The molecule has 0 spiro atoms. The molecular weight excluding hydrogens is 263 g/mol. The van der Waals surface area contributed by atoms with Crippen molar-refractivity contribution in [1.29, 1.82) is 0 Å². The van der Waals surface area contributed by atoms with Gasteiger partial charge in [-0.1, -0.05) is 0 Å². The van der Waals surface area contributed by atoms with E-state index in [2.05, 4.69) is 0 Å². The highest BCUT2D eigenvalue weighted by Crippen LogP contribution is 2.38. The Bertz CT molecular complexity index is 299. The van der Waals surface area contributed by atoms with Gasteiger partial charge in [0.15, 0.2) is 5.60 Å². The van der Waals surface area contributed by atoms with Gasteiger partial charge in [-0.25, -0.2) is 0 Å². The molecule has 19 heavy (non-hydrogen) atoms. The first-order valence-corrected chi connectivity index (χ1v) is 6.45. The van der Waals surface area contributed by atoms with Crippen LogP contribution in [-0.2, 0) is 9.53 Å². The maximum absolute atomic E-state index is 12.6. The number of likely N-dealkylation sites (tertiary alicyclic amines) is 1. The predicted molar refractivity (Wildman–Crippen MR) is 62.5 cm³/mol. The summed E-state index contributed by atoms with van der Waals surface area (Å²) in [6, 6.07) is 0. The second-order valence-electron chi connectivity index (χ2n) is 4.78. The van der Waals surface area contributed by atoms with Crippen LogP contribution in [0.25, 0.3) is 0 Å². The Kier molecular flexibility index (Phi) is 5.61. The van der Waals surface area contributed by atoms with Gasteiger partial charge in [-0.05, 0) is 32.7 Å². The molecule has 1 rings (SSSR count). The lowest BCUT2D eigenvalue weighted by molar-refractivity contribution is -0.272.